The Kier molecular flexibility index (Phi) is 6.39. The Morgan fingerprint density at radius 2 is 2.03 bits per heavy atom. The zero-order valence-corrected chi connectivity index (χ0v) is 19.2. The van der Waals surface area contributed by atoms with Crippen LogP contribution in [0.2, 0.25) is 0 Å². The first kappa shape index (κ1) is 21.6. The molecule has 7 nitrogen and oxygen atoms in total. The molecule has 1 N–H and O–H groups in total. The summed E-state index contributed by atoms with van der Waals surface area (Å²) in [5.74, 6) is 1.59. The topological polar surface area (TPSA) is 74.3 Å². The number of fused-ring (bicyclic) bond motifs is 1. The second kappa shape index (κ2) is 9.75. The maximum atomic E-state index is 13.3. The Labute approximate surface area is 194 Å². The van der Waals surface area contributed by atoms with Gasteiger partial charge in [-0.25, -0.2) is 0 Å². The normalized spacial score (nSPS) is 18.7. The first-order chi connectivity index (χ1) is 16.2. The maximum Gasteiger partial charge on any atom is 0.223 e. The van der Waals surface area contributed by atoms with Crippen LogP contribution in [0.25, 0.3) is 11.3 Å². The van der Waals surface area contributed by atoms with Gasteiger partial charge in [0.25, 0.3) is 0 Å². The summed E-state index contributed by atoms with van der Waals surface area (Å²) in [6.07, 6.45) is 7.24. The lowest BCUT2D eigenvalue weighted by atomic mass is 9.93. The summed E-state index contributed by atoms with van der Waals surface area (Å²) in [6, 6.07) is 12.1. The SMILES string of the molecule is COc1ccccc1CN1CCC[C@@H](CC(=O)N2CCc3[nH]nc(-c4ccncc4)c3C2)C1. The fourth-order valence-corrected chi connectivity index (χ4v) is 5.17. The van der Waals surface area contributed by atoms with Crippen molar-refractivity contribution in [3.8, 4) is 17.0 Å². The van der Waals surface area contributed by atoms with Gasteiger partial charge in [0.15, 0.2) is 0 Å². The van der Waals surface area contributed by atoms with Crippen LogP contribution in [0.1, 0.15) is 36.1 Å². The third-order valence-electron chi connectivity index (χ3n) is 6.89. The Hall–Kier alpha value is -3.19. The molecule has 0 bridgehead atoms. The summed E-state index contributed by atoms with van der Waals surface area (Å²) < 4.78 is 5.52. The molecule has 0 spiro atoms. The van der Waals surface area contributed by atoms with E-state index >= 15 is 0 Å². The molecule has 1 atom stereocenters. The van der Waals surface area contributed by atoms with Gasteiger partial charge in [-0.05, 0) is 43.5 Å². The summed E-state index contributed by atoms with van der Waals surface area (Å²) in [7, 11) is 1.72. The molecule has 2 aliphatic rings. The van der Waals surface area contributed by atoms with Crippen LogP contribution in [0.4, 0.5) is 0 Å². The summed E-state index contributed by atoms with van der Waals surface area (Å²) in [4.78, 5) is 21.8. The molecule has 3 aromatic rings. The van der Waals surface area contributed by atoms with Crippen LogP contribution >= 0.6 is 0 Å². The molecular weight excluding hydrogens is 414 g/mol. The third-order valence-corrected chi connectivity index (χ3v) is 6.89. The number of aromatic amines is 1. The Morgan fingerprint density at radius 3 is 2.88 bits per heavy atom. The first-order valence-corrected chi connectivity index (χ1v) is 11.8. The molecule has 2 aliphatic heterocycles. The standard InChI is InChI=1S/C26H31N5O2/c1-33-24-7-3-2-6-21(24)17-30-13-4-5-19(16-30)15-25(32)31-14-10-23-22(18-31)26(29-28-23)20-8-11-27-12-9-20/h2-3,6-9,11-12,19H,4-5,10,13-18H2,1H3,(H,28,29)/t19-/m0/s1. The predicted octanol–water partition coefficient (Wildman–Crippen LogP) is 3.67. The number of ether oxygens (including phenoxy) is 1. The molecule has 7 heteroatoms. The quantitative estimate of drug-likeness (QED) is 0.627. The van der Waals surface area contributed by atoms with Crippen molar-refractivity contribution in [2.24, 2.45) is 5.92 Å². The fourth-order valence-electron chi connectivity index (χ4n) is 5.17. The van der Waals surface area contributed by atoms with Crippen molar-refractivity contribution < 1.29 is 9.53 Å². The summed E-state index contributed by atoms with van der Waals surface area (Å²) in [5, 5.41) is 7.71. The number of nitrogens with zero attached hydrogens (tertiary/aromatic N) is 4. The number of hydrogen-bond donors (Lipinski definition) is 1. The van der Waals surface area contributed by atoms with E-state index in [-0.39, 0.29) is 5.91 Å². The molecule has 0 unspecified atom stereocenters. The Bertz CT molecular complexity index is 1100. The molecule has 2 aromatic heterocycles. The number of rotatable bonds is 6. The van der Waals surface area contributed by atoms with Gasteiger partial charge in [-0.2, -0.15) is 5.10 Å². The number of amides is 1. The molecule has 0 aliphatic carbocycles. The summed E-state index contributed by atoms with van der Waals surface area (Å²) in [6.45, 7) is 4.27. The Balaban J connectivity index is 1.21. The van der Waals surface area contributed by atoms with Crippen molar-refractivity contribution in [3.63, 3.8) is 0 Å². The molecule has 1 fully saturated rings. The molecule has 1 amide bonds. The molecule has 172 valence electrons. The monoisotopic (exact) mass is 445 g/mol. The molecule has 33 heavy (non-hydrogen) atoms. The van der Waals surface area contributed by atoms with Crippen LogP contribution in [0.3, 0.4) is 0 Å². The molecular formula is C26H31N5O2. The number of para-hydroxylation sites is 1. The average molecular weight is 446 g/mol. The van der Waals surface area contributed by atoms with Gasteiger partial charge in [-0.1, -0.05) is 18.2 Å². The predicted molar refractivity (Wildman–Crippen MR) is 127 cm³/mol. The minimum atomic E-state index is 0.256. The van der Waals surface area contributed by atoms with Crippen molar-refractivity contribution in [1.82, 2.24) is 25.0 Å². The molecule has 1 saturated heterocycles. The van der Waals surface area contributed by atoms with Crippen LogP contribution in [-0.2, 0) is 24.3 Å². The van der Waals surface area contributed by atoms with Crippen LogP contribution in [0.5, 0.6) is 5.75 Å². The number of carbonyl (C=O) groups excluding carboxylic acids is 1. The van der Waals surface area contributed by atoms with Crippen molar-refractivity contribution in [2.45, 2.75) is 38.8 Å². The highest BCUT2D eigenvalue weighted by Gasteiger charge is 2.29. The van der Waals surface area contributed by atoms with Crippen molar-refractivity contribution in [3.05, 3.63) is 65.6 Å². The number of nitrogens with one attached hydrogen (secondary N) is 1. The van der Waals surface area contributed by atoms with E-state index in [9.17, 15) is 4.79 Å². The first-order valence-electron chi connectivity index (χ1n) is 11.8. The maximum absolute atomic E-state index is 13.3. The number of pyridine rings is 1. The molecule has 1 aromatic carbocycles. The van der Waals surface area contributed by atoms with E-state index < -0.39 is 0 Å². The number of carbonyl (C=O) groups is 1. The lowest BCUT2D eigenvalue weighted by molar-refractivity contribution is -0.133. The van der Waals surface area contributed by atoms with Gasteiger partial charge in [0.1, 0.15) is 5.75 Å². The fraction of sp³-hybridized carbons (Fsp3) is 0.423. The number of piperidine rings is 1. The van der Waals surface area contributed by atoms with Crippen LogP contribution in [-0.4, -0.2) is 57.6 Å². The van der Waals surface area contributed by atoms with E-state index in [1.54, 1.807) is 19.5 Å². The second-order valence-corrected chi connectivity index (χ2v) is 9.09. The summed E-state index contributed by atoms with van der Waals surface area (Å²) in [5.41, 5.74) is 5.47. The molecule has 4 heterocycles. The van der Waals surface area contributed by atoms with Gasteiger partial charge < -0.3 is 9.64 Å². The van der Waals surface area contributed by atoms with Gasteiger partial charge in [-0.15, -0.1) is 0 Å². The van der Waals surface area contributed by atoms with Gasteiger partial charge in [-0.3, -0.25) is 19.8 Å². The van der Waals surface area contributed by atoms with Gasteiger partial charge in [0.2, 0.25) is 5.91 Å². The van der Waals surface area contributed by atoms with Crippen LogP contribution in [0, 0.1) is 5.92 Å². The largest absolute Gasteiger partial charge is 0.496 e. The Morgan fingerprint density at radius 1 is 1.18 bits per heavy atom. The molecule has 0 radical (unpaired) electrons. The van der Waals surface area contributed by atoms with Crippen molar-refractivity contribution in [2.75, 3.05) is 26.7 Å². The van der Waals surface area contributed by atoms with Crippen molar-refractivity contribution in [1.29, 1.82) is 0 Å². The number of hydrogen-bond acceptors (Lipinski definition) is 5. The van der Waals surface area contributed by atoms with E-state index in [4.69, 9.17) is 4.74 Å². The van der Waals surface area contributed by atoms with E-state index in [2.05, 4.69) is 32.2 Å². The van der Waals surface area contributed by atoms with Crippen molar-refractivity contribution >= 4 is 5.91 Å². The highest BCUT2D eigenvalue weighted by Crippen LogP contribution is 2.30. The highest BCUT2D eigenvalue weighted by atomic mass is 16.5. The number of aromatic nitrogens is 3. The van der Waals surface area contributed by atoms with E-state index in [1.165, 1.54) is 5.56 Å². The smallest absolute Gasteiger partial charge is 0.223 e. The van der Waals surface area contributed by atoms with Gasteiger partial charge in [0.05, 0.1) is 12.8 Å². The second-order valence-electron chi connectivity index (χ2n) is 9.09. The van der Waals surface area contributed by atoms with E-state index in [0.29, 0.717) is 18.9 Å². The lowest BCUT2D eigenvalue weighted by Crippen LogP contribution is -2.40. The molecule has 0 saturated carbocycles. The van der Waals surface area contributed by atoms with E-state index in [1.807, 2.05) is 29.2 Å². The lowest BCUT2D eigenvalue weighted by Gasteiger charge is -2.34. The zero-order chi connectivity index (χ0) is 22.6. The number of likely N-dealkylation sites (tertiary alicyclic amines) is 1. The third kappa shape index (κ3) is 4.78. The molecule has 5 rings (SSSR count). The van der Waals surface area contributed by atoms with Crippen LogP contribution in [0.15, 0.2) is 48.8 Å². The zero-order valence-electron chi connectivity index (χ0n) is 19.2. The average Bonchev–Trinajstić information content (AvgIpc) is 3.28. The minimum absolute atomic E-state index is 0.256. The van der Waals surface area contributed by atoms with Gasteiger partial charge in [0, 0.05) is 73.8 Å². The number of H-pyrrole nitrogens is 1. The highest BCUT2D eigenvalue weighted by molar-refractivity contribution is 5.77. The minimum Gasteiger partial charge on any atom is -0.496 e. The van der Waals surface area contributed by atoms with Gasteiger partial charge >= 0.3 is 0 Å². The summed E-state index contributed by atoms with van der Waals surface area (Å²) >= 11 is 0. The number of benzene rings is 1. The number of methoxy groups -OCH3 is 1. The van der Waals surface area contributed by atoms with Crippen LogP contribution < -0.4 is 4.74 Å². The van der Waals surface area contributed by atoms with E-state index in [0.717, 1.165) is 73.7 Å².